The highest BCUT2D eigenvalue weighted by Crippen LogP contribution is 2.28. The lowest BCUT2D eigenvalue weighted by atomic mass is 9.90. The summed E-state index contributed by atoms with van der Waals surface area (Å²) in [5, 5.41) is 10.4. The number of rotatable bonds is 5. The molecule has 1 N–H and O–H groups in total. The van der Waals surface area contributed by atoms with Gasteiger partial charge in [-0.1, -0.05) is 30.3 Å². The van der Waals surface area contributed by atoms with E-state index in [1.807, 2.05) is 29.9 Å². The summed E-state index contributed by atoms with van der Waals surface area (Å²) >= 11 is 1.70. The van der Waals surface area contributed by atoms with E-state index >= 15 is 0 Å². The summed E-state index contributed by atoms with van der Waals surface area (Å²) in [6.45, 7) is 0.813. The Kier molecular flexibility index (Phi) is 5.28. The molecule has 4 rings (SSSR count). The van der Waals surface area contributed by atoms with E-state index in [4.69, 9.17) is 4.98 Å². The Bertz CT molecular complexity index is 978. The molecule has 1 unspecified atom stereocenters. The third-order valence-electron chi connectivity index (χ3n) is 5.50. The van der Waals surface area contributed by atoms with E-state index in [0.717, 1.165) is 47.6 Å². The molecule has 0 fully saturated rings. The molecule has 1 aromatic carbocycles. The second-order valence-corrected chi connectivity index (χ2v) is 8.22. The Labute approximate surface area is 169 Å². The van der Waals surface area contributed by atoms with Crippen molar-refractivity contribution in [2.45, 2.75) is 31.8 Å². The second kappa shape index (κ2) is 7.85. The zero-order chi connectivity index (χ0) is 19.7. The van der Waals surface area contributed by atoms with E-state index < -0.39 is 0 Å². The van der Waals surface area contributed by atoms with Gasteiger partial charge in [0.25, 0.3) is 5.91 Å². The van der Waals surface area contributed by atoms with Crippen molar-refractivity contribution < 1.29 is 4.79 Å². The Morgan fingerprint density at radius 3 is 2.89 bits per heavy atom. The van der Waals surface area contributed by atoms with Gasteiger partial charge in [-0.2, -0.15) is 5.10 Å². The van der Waals surface area contributed by atoms with Gasteiger partial charge in [0.05, 0.1) is 12.2 Å². The predicted octanol–water partition coefficient (Wildman–Crippen LogP) is 2.89. The minimum Gasteiger partial charge on any atom is -0.354 e. The number of benzene rings is 1. The molecule has 0 radical (unpaired) electrons. The van der Waals surface area contributed by atoms with Crippen LogP contribution in [0.15, 0.2) is 35.7 Å². The first-order chi connectivity index (χ1) is 13.6. The summed E-state index contributed by atoms with van der Waals surface area (Å²) in [5.74, 6) is -0.104. The van der Waals surface area contributed by atoms with Crippen molar-refractivity contribution in [1.29, 1.82) is 0 Å². The van der Waals surface area contributed by atoms with Gasteiger partial charge in [-0.15, -0.1) is 11.3 Å². The van der Waals surface area contributed by atoms with Crippen molar-refractivity contribution in [3.8, 4) is 11.3 Å². The van der Waals surface area contributed by atoms with Crippen molar-refractivity contribution >= 4 is 17.2 Å². The minimum absolute atomic E-state index is 0.104. The monoisotopic (exact) mass is 395 g/mol. The standard InChI is InChI=1S/C21H25N5OS/c1-22-21(27)20-16-11-15(9-10-18(16)26(3)24-20)25(2)12-19-23-17(13-28-19)14-7-5-4-6-8-14/h4-8,13,15H,9-12H2,1-3H3,(H,22,27). The van der Waals surface area contributed by atoms with Crippen LogP contribution in [0.5, 0.6) is 0 Å². The number of likely N-dealkylation sites (N-methyl/N-ethyl adjacent to an activating group) is 1. The molecule has 0 bridgehead atoms. The molecule has 1 amide bonds. The van der Waals surface area contributed by atoms with Gasteiger partial charge < -0.3 is 5.32 Å². The van der Waals surface area contributed by atoms with Crippen LogP contribution in [0.25, 0.3) is 11.3 Å². The van der Waals surface area contributed by atoms with Gasteiger partial charge in [0, 0.05) is 42.3 Å². The average molecular weight is 396 g/mol. The fourth-order valence-electron chi connectivity index (χ4n) is 3.92. The first-order valence-electron chi connectivity index (χ1n) is 9.53. The second-order valence-electron chi connectivity index (χ2n) is 7.28. The Balaban J connectivity index is 1.48. The van der Waals surface area contributed by atoms with E-state index in [2.05, 4.69) is 39.9 Å². The summed E-state index contributed by atoms with van der Waals surface area (Å²) < 4.78 is 1.86. The lowest BCUT2D eigenvalue weighted by Gasteiger charge is -2.31. The van der Waals surface area contributed by atoms with E-state index in [1.165, 1.54) is 5.69 Å². The van der Waals surface area contributed by atoms with Gasteiger partial charge in [-0.25, -0.2) is 4.98 Å². The van der Waals surface area contributed by atoms with Gasteiger partial charge in [-0.05, 0) is 26.3 Å². The summed E-state index contributed by atoms with van der Waals surface area (Å²) in [6.07, 6.45) is 2.85. The highest BCUT2D eigenvalue weighted by atomic mass is 32.1. The molecule has 0 saturated heterocycles. The maximum Gasteiger partial charge on any atom is 0.271 e. The number of aryl methyl sites for hydroxylation is 1. The van der Waals surface area contributed by atoms with Crippen LogP contribution in [0.2, 0.25) is 0 Å². The van der Waals surface area contributed by atoms with Crippen LogP contribution in [0, 0.1) is 0 Å². The summed E-state index contributed by atoms with van der Waals surface area (Å²) in [5.41, 5.74) is 5.03. The first kappa shape index (κ1) is 18.8. The van der Waals surface area contributed by atoms with Crippen LogP contribution >= 0.6 is 11.3 Å². The normalized spacial score (nSPS) is 16.2. The number of carbonyl (C=O) groups is 1. The molecular weight excluding hydrogens is 370 g/mol. The summed E-state index contributed by atoms with van der Waals surface area (Å²) in [6, 6.07) is 10.7. The first-order valence-corrected chi connectivity index (χ1v) is 10.4. The molecule has 1 aliphatic carbocycles. The van der Waals surface area contributed by atoms with Gasteiger partial charge in [0.2, 0.25) is 0 Å². The molecular formula is C21H25N5OS. The van der Waals surface area contributed by atoms with Crippen LogP contribution in [-0.2, 0) is 26.4 Å². The minimum atomic E-state index is -0.104. The average Bonchev–Trinajstić information content (AvgIpc) is 3.32. The molecule has 146 valence electrons. The lowest BCUT2D eigenvalue weighted by molar-refractivity contribution is 0.0955. The maximum absolute atomic E-state index is 12.2. The fourth-order valence-corrected chi connectivity index (χ4v) is 4.78. The van der Waals surface area contributed by atoms with Crippen LogP contribution in [-0.4, -0.2) is 45.7 Å². The van der Waals surface area contributed by atoms with Gasteiger partial charge in [-0.3, -0.25) is 14.4 Å². The number of fused-ring (bicyclic) bond motifs is 1. The molecule has 28 heavy (non-hydrogen) atoms. The van der Waals surface area contributed by atoms with E-state index in [1.54, 1.807) is 18.4 Å². The Morgan fingerprint density at radius 2 is 2.14 bits per heavy atom. The number of amides is 1. The molecule has 0 spiro atoms. The van der Waals surface area contributed by atoms with Crippen LogP contribution in [0.4, 0.5) is 0 Å². The third-order valence-corrected chi connectivity index (χ3v) is 6.33. The number of hydrogen-bond acceptors (Lipinski definition) is 5. The van der Waals surface area contributed by atoms with Crippen molar-refractivity contribution in [2.75, 3.05) is 14.1 Å². The van der Waals surface area contributed by atoms with Crippen molar-refractivity contribution in [3.05, 3.63) is 57.7 Å². The Morgan fingerprint density at radius 1 is 1.36 bits per heavy atom. The smallest absolute Gasteiger partial charge is 0.271 e. The van der Waals surface area contributed by atoms with Crippen molar-refractivity contribution in [2.24, 2.45) is 7.05 Å². The highest BCUT2D eigenvalue weighted by Gasteiger charge is 2.30. The number of nitrogens with zero attached hydrogens (tertiary/aromatic N) is 4. The summed E-state index contributed by atoms with van der Waals surface area (Å²) in [7, 11) is 5.73. The molecule has 1 atom stereocenters. The molecule has 0 aliphatic heterocycles. The van der Waals surface area contributed by atoms with E-state index in [9.17, 15) is 4.79 Å². The molecule has 0 saturated carbocycles. The third kappa shape index (κ3) is 3.59. The molecule has 2 aromatic heterocycles. The zero-order valence-electron chi connectivity index (χ0n) is 16.5. The topological polar surface area (TPSA) is 63.1 Å². The Hall–Kier alpha value is -2.51. The van der Waals surface area contributed by atoms with Crippen molar-refractivity contribution in [3.63, 3.8) is 0 Å². The largest absolute Gasteiger partial charge is 0.354 e. The zero-order valence-corrected chi connectivity index (χ0v) is 17.3. The lowest BCUT2D eigenvalue weighted by Crippen LogP contribution is -2.36. The molecule has 3 aromatic rings. The molecule has 6 nitrogen and oxygen atoms in total. The van der Waals surface area contributed by atoms with Crippen molar-refractivity contribution in [1.82, 2.24) is 25.0 Å². The number of carbonyl (C=O) groups excluding carboxylic acids is 1. The quantitative estimate of drug-likeness (QED) is 0.722. The number of hydrogen-bond donors (Lipinski definition) is 1. The number of thiazole rings is 1. The fraction of sp³-hybridized carbons (Fsp3) is 0.381. The highest BCUT2D eigenvalue weighted by molar-refractivity contribution is 7.09. The maximum atomic E-state index is 12.2. The van der Waals surface area contributed by atoms with Gasteiger partial charge in [0.1, 0.15) is 5.01 Å². The molecule has 1 aliphatic rings. The van der Waals surface area contributed by atoms with E-state index in [-0.39, 0.29) is 5.91 Å². The van der Waals surface area contributed by atoms with E-state index in [0.29, 0.717) is 11.7 Å². The van der Waals surface area contributed by atoms with Gasteiger partial charge in [0.15, 0.2) is 5.69 Å². The number of aromatic nitrogens is 3. The van der Waals surface area contributed by atoms with Crippen LogP contribution in [0.1, 0.15) is 33.2 Å². The van der Waals surface area contributed by atoms with Gasteiger partial charge >= 0.3 is 0 Å². The van der Waals surface area contributed by atoms with Crippen LogP contribution < -0.4 is 5.32 Å². The molecule has 2 heterocycles. The predicted molar refractivity (Wildman–Crippen MR) is 111 cm³/mol. The number of nitrogens with one attached hydrogen (secondary N) is 1. The SMILES string of the molecule is CNC(=O)c1nn(C)c2c1CC(N(C)Cc1nc(-c3ccccc3)cs1)CC2. The summed E-state index contributed by atoms with van der Waals surface area (Å²) in [4.78, 5) is 19.4. The molecule has 7 heteroatoms. The van der Waals surface area contributed by atoms with Crippen LogP contribution in [0.3, 0.4) is 0 Å².